The fraction of sp³-hybridized carbons (Fsp3) is 0.357. The van der Waals surface area contributed by atoms with E-state index in [2.05, 4.69) is 5.32 Å². The molecule has 1 fully saturated rings. The first-order chi connectivity index (χ1) is 9.52. The molecule has 6 heteroatoms. The van der Waals surface area contributed by atoms with E-state index in [1.54, 1.807) is 6.07 Å². The first-order valence-electron chi connectivity index (χ1n) is 6.26. The molecule has 0 aromatic heterocycles. The second-order valence-electron chi connectivity index (χ2n) is 4.78. The van der Waals surface area contributed by atoms with Gasteiger partial charge in [-0.1, -0.05) is 6.42 Å². The van der Waals surface area contributed by atoms with E-state index in [9.17, 15) is 14.0 Å². The number of rotatable bonds is 3. The topological polar surface area (TPSA) is 90.2 Å². The Hall–Kier alpha value is -2.42. The molecule has 20 heavy (non-hydrogen) atoms. The van der Waals surface area contributed by atoms with Crippen LogP contribution in [0.5, 0.6) is 0 Å². The number of aliphatic carboxylic acids is 1. The molecular formula is C14H13FN2O3. The number of carbonyl (C=O) groups excluding carboxylic acids is 1. The fourth-order valence-electron chi connectivity index (χ4n) is 2.48. The summed E-state index contributed by atoms with van der Waals surface area (Å²) in [5.74, 6) is -3.54. The Balaban J connectivity index is 2.12. The van der Waals surface area contributed by atoms with Crippen molar-refractivity contribution < 1.29 is 19.1 Å². The quantitative estimate of drug-likeness (QED) is 0.884. The average molecular weight is 276 g/mol. The number of halogens is 1. The van der Waals surface area contributed by atoms with E-state index in [0.29, 0.717) is 19.3 Å². The van der Waals surface area contributed by atoms with Crippen LogP contribution >= 0.6 is 0 Å². The van der Waals surface area contributed by atoms with Gasteiger partial charge < -0.3 is 10.4 Å². The molecule has 104 valence electrons. The molecule has 1 aromatic rings. The average Bonchev–Trinajstić information content (AvgIpc) is 2.90. The van der Waals surface area contributed by atoms with Gasteiger partial charge in [0.2, 0.25) is 5.91 Å². The second-order valence-corrected chi connectivity index (χ2v) is 4.78. The Labute approximate surface area is 115 Å². The molecule has 1 aromatic carbocycles. The van der Waals surface area contributed by atoms with Crippen LogP contribution in [0.4, 0.5) is 10.1 Å². The Morgan fingerprint density at radius 1 is 1.35 bits per heavy atom. The summed E-state index contributed by atoms with van der Waals surface area (Å²) < 4.78 is 13.7. The standard InChI is InChI=1S/C14H13FN2O3/c15-11-6-8(7-16)4-5-12(11)17-13(18)9-2-1-3-10(9)14(19)20/h4-6,9-10H,1-3H2,(H,17,18)(H,19,20). The van der Waals surface area contributed by atoms with Crippen LogP contribution in [0.2, 0.25) is 0 Å². The van der Waals surface area contributed by atoms with Crippen molar-refractivity contribution in [3.05, 3.63) is 29.6 Å². The number of hydrogen-bond donors (Lipinski definition) is 2. The summed E-state index contributed by atoms with van der Waals surface area (Å²) in [4.78, 5) is 23.1. The van der Waals surface area contributed by atoms with Crippen molar-refractivity contribution in [3.8, 4) is 6.07 Å². The van der Waals surface area contributed by atoms with Crippen LogP contribution in [0.1, 0.15) is 24.8 Å². The predicted molar refractivity (Wildman–Crippen MR) is 68.2 cm³/mol. The molecule has 2 atom stereocenters. The monoisotopic (exact) mass is 276 g/mol. The lowest BCUT2D eigenvalue weighted by Crippen LogP contribution is -2.30. The van der Waals surface area contributed by atoms with Crippen LogP contribution in [0.15, 0.2) is 18.2 Å². The van der Waals surface area contributed by atoms with Crippen molar-refractivity contribution in [1.82, 2.24) is 0 Å². The number of anilines is 1. The van der Waals surface area contributed by atoms with Gasteiger partial charge in [-0.2, -0.15) is 5.26 Å². The minimum atomic E-state index is -0.997. The predicted octanol–water partition coefficient (Wildman–Crippen LogP) is 2.14. The highest BCUT2D eigenvalue weighted by atomic mass is 19.1. The molecule has 0 saturated heterocycles. The number of nitrogens with zero attached hydrogens (tertiary/aromatic N) is 1. The van der Waals surface area contributed by atoms with Crippen molar-refractivity contribution in [3.63, 3.8) is 0 Å². The maximum atomic E-state index is 13.7. The maximum absolute atomic E-state index is 13.7. The molecule has 0 bridgehead atoms. The summed E-state index contributed by atoms with van der Waals surface area (Å²) >= 11 is 0. The molecule has 0 radical (unpaired) electrons. The smallest absolute Gasteiger partial charge is 0.307 e. The van der Waals surface area contributed by atoms with E-state index in [1.807, 2.05) is 0 Å². The van der Waals surface area contributed by atoms with Crippen molar-refractivity contribution in [1.29, 1.82) is 5.26 Å². The molecule has 0 heterocycles. The molecule has 5 nitrogen and oxygen atoms in total. The Bertz CT molecular complexity index is 595. The zero-order chi connectivity index (χ0) is 14.7. The van der Waals surface area contributed by atoms with Crippen LogP contribution in [-0.4, -0.2) is 17.0 Å². The number of benzene rings is 1. The summed E-state index contributed by atoms with van der Waals surface area (Å²) in [5.41, 5.74) is 0.120. The summed E-state index contributed by atoms with van der Waals surface area (Å²) in [6, 6.07) is 5.51. The van der Waals surface area contributed by atoms with Crippen LogP contribution < -0.4 is 5.32 Å². The maximum Gasteiger partial charge on any atom is 0.307 e. The molecule has 2 rings (SSSR count). The lowest BCUT2D eigenvalue weighted by Gasteiger charge is -2.15. The molecule has 2 unspecified atom stereocenters. The van der Waals surface area contributed by atoms with Crippen LogP contribution in [-0.2, 0) is 9.59 Å². The van der Waals surface area contributed by atoms with Crippen molar-refractivity contribution in [2.45, 2.75) is 19.3 Å². The molecule has 1 aliphatic carbocycles. The van der Waals surface area contributed by atoms with E-state index < -0.39 is 29.5 Å². The van der Waals surface area contributed by atoms with Gasteiger partial charge >= 0.3 is 5.97 Å². The molecule has 1 amide bonds. The number of nitriles is 1. The zero-order valence-corrected chi connectivity index (χ0v) is 10.6. The summed E-state index contributed by atoms with van der Waals surface area (Å²) in [7, 11) is 0. The van der Waals surface area contributed by atoms with Crippen LogP contribution in [0.25, 0.3) is 0 Å². The normalized spacial score (nSPS) is 21.2. The summed E-state index contributed by atoms with van der Waals surface area (Å²) in [6.45, 7) is 0. The third-order valence-corrected chi connectivity index (χ3v) is 3.53. The Morgan fingerprint density at radius 3 is 2.65 bits per heavy atom. The number of carboxylic acid groups (broad SMARTS) is 1. The number of hydrogen-bond acceptors (Lipinski definition) is 3. The first-order valence-corrected chi connectivity index (χ1v) is 6.26. The van der Waals surface area contributed by atoms with E-state index >= 15 is 0 Å². The van der Waals surface area contributed by atoms with Gasteiger partial charge in [0.1, 0.15) is 5.82 Å². The summed E-state index contributed by atoms with van der Waals surface area (Å²) in [6.07, 6.45) is 1.62. The summed E-state index contributed by atoms with van der Waals surface area (Å²) in [5, 5.41) is 20.1. The van der Waals surface area contributed by atoms with Crippen molar-refractivity contribution in [2.24, 2.45) is 11.8 Å². The molecule has 0 spiro atoms. The SMILES string of the molecule is N#Cc1ccc(NC(=O)C2CCCC2C(=O)O)c(F)c1. The highest BCUT2D eigenvalue weighted by molar-refractivity contribution is 5.95. The van der Waals surface area contributed by atoms with Crippen LogP contribution in [0, 0.1) is 29.0 Å². The molecule has 2 N–H and O–H groups in total. The Kier molecular flexibility index (Phi) is 3.99. The minimum Gasteiger partial charge on any atom is -0.481 e. The van der Waals surface area contributed by atoms with Gasteiger partial charge in [0.25, 0.3) is 0 Å². The number of nitrogens with one attached hydrogen (secondary N) is 1. The number of carbonyl (C=O) groups is 2. The molecule has 1 aliphatic rings. The van der Waals surface area contributed by atoms with Gasteiger partial charge in [0.05, 0.1) is 29.2 Å². The minimum absolute atomic E-state index is 0.0370. The van der Waals surface area contributed by atoms with Gasteiger partial charge in [0.15, 0.2) is 0 Å². The lowest BCUT2D eigenvalue weighted by atomic mass is 9.95. The highest BCUT2D eigenvalue weighted by Gasteiger charge is 2.37. The molecule has 1 saturated carbocycles. The number of amides is 1. The highest BCUT2D eigenvalue weighted by Crippen LogP contribution is 2.33. The van der Waals surface area contributed by atoms with E-state index in [1.165, 1.54) is 12.1 Å². The van der Waals surface area contributed by atoms with Gasteiger partial charge in [-0.3, -0.25) is 9.59 Å². The first kappa shape index (κ1) is 14.0. The van der Waals surface area contributed by atoms with Gasteiger partial charge in [0, 0.05) is 0 Å². The zero-order valence-electron chi connectivity index (χ0n) is 10.6. The van der Waals surface area contributed by atoms with Crippen molar-refractivity contribution >= 4 is 17.6 Å². The largest absolute Gasteiger partial charge is 0.481 e. The third-order valence-electron chi connectivity index (χ3n) is 3.53. The molecule has 0 aliphatic heterocycles. The lowest BCUT2D eigenvalue weighted by molar-refractivity contribution is -0.145. The van der Waals surface area contributed by atoms with Crippen molar-refractivity contribution in [2.75, 3.05) is 5.32 Å². The van der Waals surface area contributed by atoms with E-state index in [4.69, 9.17) is 10.4 Å². The second kappa shape index (κ2) is 5.70. The van der Waals surface area contributed by atoms with E-state index in [0.717, 1.165) is 6.07 Å². The van der Waals surface area contributed by atoms with Gasteiger partial charge in [-0.05, 0) is 31.0 Å². The van der Waals surface area contributed by atoms with Gasteiger partial charge in [-0.25, -0.2) is 4.39 Å². The van der Waals surface area contributed by atoms with Crippen LogP contribution in [0.3, 0.4) is 0 Å². The van der Waals surface area contributed by atoms with E-state index in [-0.39, 0.29) is 11.3 Å². The third kappa shape index (κ3) is 2.77. The van der Waals surface area contributed by atoms with Gasteiger partial charge in [-0.15, -0.1) is 0 Å². The number of carboxylic acids is 1. The molecular weight excluding hydrogens is 263 g/mol. The fourth-order valence-corrected chi connectivity index (χ4v) is 2.48. The Morgan fingerprint density at radius 2 is 2.05 bits per heavy atom.